The quantitative estimate of drug-likeness (QED) is 0.661. The molecule has 0 saturated carbocycles. The third-order valence-corrected chi connectivity index (χ3v) is 6.19. The number of fused-ring (bicyclic) bond motifs is 1. The molecule has 0 fully saturated rings. The predicted octanol–water partition coefficient (Wildman–Crippen LogP) is 4.45. The van der Waals surface area contributed by atoms with E-state index in [4.69, 9.17) is 4.99 Å². The molecule has 1 atom stereocenters. The zero-order chi connectivity index (χ0) is 20.0. The fourth-order valence-electron chi connectivity index (χ4n) is 4.00. The fraction of sp³-hybridized carbons (Fsp3) is 0.273. The molecule has 6 nitrogen and oxygen atoms in total. The number of aromatic nitrogens is 2. The maximum Gasteiger partial charge on any atom is 0.202 e. The Labute approximate surface area is 172 Å². The number of thiazole rings is 1. The van der Waals surface area contributed by atoms with E-state index < -0.39 is 0 Å². The molecule has 29 heavy (non-hydrogen) atoms. The minimum atomic E-state index is -0.361. The summed E-state index contributed by atoms with van der Waals surface area (Å²) in [6.07, 6.45) is 4.84. The van der Waals surface area contributed by atoms with Crippen molar-refractivity contribution in [2.75, 3.05) is 5.32 Å². The van der Waals surface area contributed by atoms with Crippen LogP contribution in [-0.4, -0.2) is 21.7 Å². The molecule has 7 heteroatoms. The van der Waals surface area contributed by atoms with Crippen LogP contribution >= 0.6 is 11.3 Å². The summed E-state index contributed by atoms with van der Waals surface area (Å²) in [6, 6.07) is 11.5. The zero-order valence-corrected chi connectivity index (χ0v) is 17.1. The van der Waals surface area contributed by atoms with Gasteiger partial charge in [-0.05, 0) is 35.6 Å². The number of pyridine rings is 1. The van der Waals surface area contributed by atoms with E-state index >= 15 is 0 Å². The van der Waals surface area contributed by atoms with Gasteiger partial charge in [0.05, 0.1) is 10.2 Å². The van der Waals surface area contributed by atoms with Gasteiger partial charge in [-0.1, -0.05) is 43.4 Å². The Morgan fingerprint density at radius 1 is 1.17 bits per heavy atom. The predicted molar refractivity (Wildman–Crippen MR) is 116 cm³/mol. The van der Waals surface area contributed by atoms with Crippen LogP contribution in [0, 0.1) is 5.41 Å². The lowest BCUT2D eigenvalue weighted by molar-refractivity contribution is -0.118. The molecule has 2 aromatic heterocycles. The number of aliphatic imine (C=N–C) groups is 1. The number of benzene rings is 1. The molecule has 3 heterocycles. The van der Waals surface area contributed by atoms with Crippen LogP contribution in [0.25, 0.3) is 10.2 Å². The normalized spacial score (nSPS) is 20.8. The molecule has 0 saturated heterocycles. The number of anilines is 1. The van der Waals surface area contributed by atoms with Crippen molar-refractivity contribution in [2.45, 2.75) is 32.7 Å². The van der Waals surface area contributed by atoms with Crippen LogP contribution in [0.2, 0.25) is 0 Å². The lowest BCUT2D eigenvalue weighted by Crippen LogP contribution is -2.41. The molecule has 1 aromatic carbocycles. The summed E-state index contributed by atoms with van der Waals surface area (Å²) in [6.45, 7) is 4.25. The molecule has 3 aromatic rings. The molecule has 2 N–H and O–H groups in total. The molecular formula is C22H21N5OS. The van der Waals surface area contributed by atoms with E-state index in [1.165, 1.54) is 0 Å². The van der Waals surface area contributed by atoms with E-state index in [0.29, 0.717) is 12.4 Å². The van der Waals surface area contributed by atoms with Gasteiger partial charge in [0.2, 0.25) is 5.96 Å². The third kappa shape index (κ3) is 3.42. The van der Waals surface area contributed by atoms with Crippen molar-refractivity contribution in [3.8, 4) is 0 Å². The van der Waals surface area contributed by atoms with E-state index in [2.05, 4.69) is 40.5 Å². The largest absolute Gasteiger partial charge is 0.329 e. The zero-order valence-electron chi connectivity index (χ0n) is 16.3. The summed E-state index contributed by atoms with van der Waals surface area (Å²) in [5.74, 6) is 0.766. The van der Waals surface area contributed by atoms with Gasteiger partial charge in [-0.15, -0.1) is 0 Å². The number of Topliss-reactive ketones (excluding diaryl/α,β-unsaturated/α-hetero) is 1. The van der Waals surface area contributed by atoms with Gasteiger partial charge in [0.1, 0.15) is 6.04 Å². The number of nitrogens with zero attached hydrogens (tertiary/aromatic N) is 3. The Morgan fingerprint density at radius 2 is 2.03 bits per heavy atom. The minimum absolute atomic E-state index is 0.0826. The van der Waals surface area contributed by atoms with E-state index in [1.807, 2.05) is 30.3 Å². The maximum atomic E-state index is 13.0. The second-order valence-corrected chi connectivity index (χ2v) is 9.27. The van der Waals surface area contributed by atoms with Crippen LogP contribution in [0.4, 0.5) is 5.13 Å². The van der Waals surface area contributed by atoms with Crippen molar-refractivity contribution in [2.24, 2.45) is 10.4 Å². The third-order valence-electron chi connectivity index (χ3n) is 5.24. The van der Waals surface area contributed by atoms with Gasteiger partial charge >= 0.3 is 0 Å². The van der Waals surface area contributed by atoms with Gasteiger partial charge in [0.15, 0.2) is 10.9 Å². The smallest absolute Gasteiger partial charge is 0.202 e. The molecule has 1 unspecified atom stereocenters. The molecular weight excluding hydrogens is 382 g/mol. The molecule has 0 amide bonds. The Kier molecular flexibility index (Phi) is 4.20. The summed E-state index contributed by atoms with van der Waals surface area (Å²) in [5, 5.41) is 7.47. The average molecular weight is 404 g/mol. The summed E-state index contributed by atoms with van der Waals surface area (Å²) >= 11 is 1.58. The van der Waals surface area contributed by atoms with Crippen LogP contribution < -0.4 is 10.6 Å². The number of guanidine groups is 1. The molecule has 2 aliphatic rings. The topological polar surface area (TPSA) is 79.3 Å². The maximum absolute atomic E-state index is 13.0. The van der Waals surface area contributed by atoms with E-state index in [1.54, 1.807) is 23.7 Å². The van der Waals surface area contributed by atoms with E-state index in [-0.39, 0.29) is 17.2 Å². The highest BCUT2D eigenvalue weighted by Gasteiger charge is 2.39. The van der Waals surface area contributed by atoms with E-state index in [9.17, 15) is 4.79 Å². The molecule has 146 valence electrons. The Morgan fingerprint density at radius 3 is 2.83 bits per heavy atom. The van der Waals surface area contributed by atoms with Gasteiger partial charge in [-0.2, -0.15) is 0 Å². The van der Waals surface area contributed by atoms with Crippen LogP contribution in [-0.2, 0) is 4.79 Å². The second-order valence-electron chi connectivity index (χ2n) is 8.24. The van der Waals surface area contributed by atoms with Crippen molar-refractivity contribution in [1.82, 2.24) is 15.3 Å². The van der Waals surface area contributed by atoms with Gasteiger partial charge < -0.3 is 10.6 Å². The minimum Gasteiger partial charge on any atom is -0.329 e. The Hall–Kier alpha value is -3.06. The fourth-order valence-corrected chi connectivity index (χ4v) is 4.87. The monoisotopic (exact) mass is 403 g/mol. The molecule has 0 bridgehead atoms. The number of hydrogen-bond acceptors (Lipinski definition) is 7. The van der Waals surface area contributed by atoms with Gasteiger partial charge in [-0.3, -0.25) is 9.78 Å². The number of para-hydroxylation sites is 1. The second kappa shape index (κ2) is 6.77. The molecule has 5 rings (SSSR count). The van der Waals surface area contributed by atoms with E-state index in [0.717, 1.165) is 38.6 Å². The first-order valence-corrected chi connectivity index (χ1v) is 10.4. The lowest BCUT2D eigenvalue weighted by atomic mass is 9.73. The lowest BCUT2D eigenvalue weighted by Gasteiger charge is -2.37. The van der Waals surface area contributed by atoms with Crippen LogP contribution in [0.1, 0.15) is 38.3 Å². The Bertz CT molecular complexity index is 1130. The van der Waals surface area contributed by atoms with Gasteiger partial charge in [0.25, 0.3) is 0 Å². The van der Waals surface area contributed by atoms with Crippen molar-refractivity contribution in [1.29, 1.82) is 0 Å². The summed E-state index contributed by atoms with van der Waals surface area (Å²) < 4.78 is 1.11. The molecule has 0 radical (unpaired) electrons. The average Bonchev–Trinajstić information content (AvgIpc) is 3.09. The highest BCUT2D eigenvalue weighted by atomic mass is 32.1. The number of carbonyl (C=O) groups excluding carboxylic acids is 1. The first-order valence-electron chi connectivity index (χ1n) is 9.62. The SMILES string of the molecule is CC1(C)CC(=O)C2=C(C1)NC(Nc1nc3ccccc3s1)=NC2c1cccnc1. The Balaban J connectivity index is 1.54. The summed E-state index contributed by atoms with van der Waals surface area (Å²) in [4.78, 5) is 26.7. The number of ketones is 1. The number of hydrogen-bond donors (Lipinski definition) is 2. The highest BCUT2D eigenvalue weighted by Crippen LogP contribution is 2.42. The van der Waals surface area contributed by atoms with Crippen LogP contribution in [0.5, 0.6) is 0 Å². The standard InChI is InChI=1S/C22H21N5OS/c1-22(2)10-15-18(16(28)11-22)19(13-6-5-9-23-12-13)26-20(24-15)27-21-25-14-7-3-4-8-17(14)29-21/h3-9,12,19H,10-11H2,1-2H3,(H2,24,25,26,27). The number of nitrogens with one attached hydrogen (secondary N) is 2. The van der Waals surface area contributed by atoms with Crippen molar-refractivity contribution >= 4 is 38.4 Å². The van der Waals surface area contributed by atoms with Crippen molar-refractivity contribution in [3.05, 3.63) is 65.6 Å². The van der Waals surface area contributed by atoms with Crippen molar-refractivity contribution in [3.63, 3.8) is 0 Å². The number of carbonyl (C=O) groups is 1. The number of rotatable bonds is 2. The van der Waals surface area contributed by atoms with Gasteiger partial charge in [-0.25, -0.2) is 9.98 Å². The molecule has 1 aliphatic heterocycles. The van der Waals surface area contributed by atoms with Gasteiger partial charge in [0, 0.05) is 30.1 Å². The first kappa shape index (κ1) is 18.0. The van der Waals surface area contributed by atoms with Crippen LogP contribution in [0.15, 0.2) is 65.1 Å². The first-order chi connectivity index (χ1) is 14.0. The number of allylic oxidation sites excluding steroid dienone is 1. The van der Waals surface area contributed by atoms with Crippen molar-refractivity contribution < 1.29 is 4.79 Å². The molecule has 0 spiro atoms. The molecule has 1 aliphatic carbocycles. The summed E-state index contributed by atoms with van der Waals surface area (Å²) in [5.41, 5.74) is 3.49. The highest BCUT2D eigenvalue weighted by molar-refractivity contribution is 7.22. The summed E-state index contributed by atoms with van der Waals surface area (Å²) in [7, 11) is 0. The van der Waals surface area contributed by atoms with Crippen LogP contribution in [0.3, 0.4) is 0 Å².